The Morgan fingerprint density at radius 2 is 1.85 bits per heavy atom. The smallest absolute Gasteiger partial charge is 0.316 e. The van der Waals surface area contributed by atoms with Gasteiger partial charge in [-0.25, -0.2) is 0 Å². The summed E-state index contributed by atoms with van der Waals surface area (Å²) in [7, 11) is 1.39. The van der Waals surface area contributed by atoms with E-state index in [-0.39, 0.29) is 11.7 Å². The molecular formula is C19H18BrN3O2S. The molecule has 134 valence electrons. The number of carbonyl (C=O) groups is 1. The molecule has 5 nitrogen and oxygen atoms in total. The van der Waals surface area contributed by atoms with E-state index in [9.17, 15) is 4.79 Å². The number of benzene rings is 2. The number of hydrogen-bond donors (Lipinski definition) is 0. The van der Waals surface area contributed by atoms with Crippen LogP contribution < -0.4 is 0 Å². The summed E-state index contributed by atoms with van der Waals surface area (Å²) in [4.78, 5) is 11.5. The monoisotopic (exact) mass is 431 g/mol. The van der Waals surface area contributed by atoms with E-state index in [1.165, 1.54) is 24.4 Å². The van der Waals surface area contributed by atoms with E-state index < -0.39 is 0 Å². The van der Waals surface area contributed by atoms with E-state index in [1.54, 1.807) is 0 Å². The van der Waals surface area contributed by atoms with Crippen LogP contribution in [0.25, 0.3) is 11.4 Å². The highest BCUT2D eigenvalue weighted by molar-refractivity contribution is 9.10. The maximum atomic E-state index is 11.5. The molecule has 0 saturated heterocycles. The van der Waals surface area contributed by atoms with Crippen LogP contribution in [0.15, 0.2) is 64.2 Å². The van der Waals surface area contributed by atoms with Crippen molar-refractivity contribution in [3.8, 4) is 11.4 Å². The fraction of sp³-hybridized carbons (Fsp3) is 0.211. The predicted octanol–water partition coefficient (Wildman–Crippen LogP) is 4.22. The second kappa shape index (κ2) is 9.00. The van der Waals surface area contributed by atoms with Crippen LogP contribution in [0.4, 0.5) is 0 Å². The van der Waals surface area contributed by atoms with Gasteiger partial charge in [0.25, 0.3) is 0 Å². The van der Waals surface area contributed by atoms with E-state index in [2.05, 4.69) is 42.8 Å². The van der Waals surface area contributed by atoms with Crippen LogP contribution in [0.3, 0.4) is 0 Å². The molecule has 0 radical (unpaired) electrons. The SMILES string of the molecule is COC(=O)CSc1nnc(-c2ccc(Br)cc2)n1CCc1ccccc1. The second-order valence-electron chi connectivity index (χ2n) is 5.57. The molecule has 3 rings (SSSR count). The number of halogens is 1. The first-order valence-electron chi connectivity index (χ1n) is 8.10. The normalized spacial score (nSPS) is 10.7. The molecule has 0 atom stereocenters. The van der Waals surface area contributed by atoms with Crippen LogP contribution in [0, 0.1) is 0 Å². The lowest BCUT2D eigenvalue weighted by Gasteiger charge is -2.10. The number of thioether (sulfide) groups is 1. The quantitative estimate of drug-likeness (QED) is 0.414. The molecule has 2 aromatic carbocycles. The van der Waals surface area contributed by atoms with Crippen LogP contribution >= 0.6 is 27.7 Å². The van der Waals surface area contributed by atoms with Crippen molar-refractivity contribution in [2.75, 3.05) is 12.9 Å². The van der Waals surface area contributed by atoms with Crippen LogP contribution in [0.5, 0.6) is 0 Å². The zero-order chi connectivity index (χ0) is 18.4. The van der Waals surface area contributed by atoms with Crippen molar-refractivity contribution in [1.29, 1.82) is 0 Å². The van der Waals surface area contributed by atoms with Crippen molar-refractivity contribution < 1.29 is 9.53 Å². The first-order chi connectivity index (χ1) is 12.7. The maximum absolute atomic E-state index is 11.5. The Kier molecular flexibility index (Phi) is 6.46. The molecule has 1 aromatic heterocycles. The zero-order valence-corrected chi connectivity index (χ0v) is 16.7. The van der Waals surface area contributed by atoms with Gasteiger partial charge in [0.2, 0.25) is 0 Å². The van der Waals surface area contributed by atoms with Crippen molar-refractivity contribution >= 4 is 33.7 Å². The Labute approximate surface area is 164 Å². The summed E-state index contributed by atoms with van der Waals surface area (Å²) in [5, 5.41) is 9.36. The molecule has 0 aliphatic heterocycles. The van der Waals surface area contributed by atoms with Crippen LogP contribution in [-0.2, 0) is 22.5 Å². The van der Waals surface area contributed by atoms with Gasteiger partial charge in [0, 0.05) is 16.6 Å². The summed E-state index contributed by atoms with van der Waals surface area (Å²) < 4.78 is 7.79. The maximum Gasteiger partial charge on any atom is 0.316 e. The van der Waals surface area contributed by atoms with Gasteiger partial charge < -0.3 is 9.30 Å². The number of aromatic nitrogens is 3. The number of rotatable bonds is 7. The number of nitrogens with zero attached hydrogens (tertiary/aromatic N) is 3. The molecule has 1 heterocycles. The third-order valence-electron chi connectivity index (χ3n) is 3.83. The minimum Gasteiger partial charge on any atom is -0.468 e. The largest absolute Gasteiger partial charge is 0.468 e. The first kappa shape index (κ1) is 18.7. The number of hydrogen-bond acceptors (Lipinski definition) is 5. The molecule has 3 aromatic rings. The topological polar surface area (TPSA) is 57.0 Å². The second-order valence-corrected chi connectivity index (χ2v) is 7.42. The van der Waals surface area contributed by atoms with Gasteiger partial charge in [0.1, 0.15) is 0 Å². The van der Waals surface area contributed by atoms with Crippen molar-refractivity contribution in [3.63, 3.8) is 0 Å². The van der Waals surface area contributed by atoms with E-state index in [4.69, 9.17) is 4.74 Å². The Morgan fingerprint density at radius 1 is 1.12 bits per heavy atom. The summed E-state index contributed by atoms with van der Waals surface area (Å²) in [6.45, 7) is 0.728. The van der Waals surface area contributed by atoms with E-state index >= 15 is 0 Å². The molecule has 0 aliphatic rings. The summed E-state index contributed by atoms with van der Waals surface area (Å²) in [6, 6.07) is 18.2. The summed E-state index contributed by atoms with van der Waals surface area (Å²) in [5.41, 5.74) is 2.23. The number of carbonyl (C=O) groups excluding carboxylic acids is 1. The van der Waals surface area contributed by atoms with Gasteiger partial charge in [0.05, 0.1) is 12.9 Å². The number of aryl methyl sites for hydroxylation is 1. The first-order valence-corrected chi connectivity index (χ1v) is 9.88. The Balaban J connectivity index is 1.86. The van der Waals surface area contributed by atoms with Crippen molar-refractivity contribution in [3.05, 3.63) is 64.6 Å². The van der Waals surface area contributed by atoms with Gasteiger partial charge in [0.15, 0.2) is 11.0 Å². The molecule has 0 saturated carbocycles. The average Bonchev–Trinajstić information content (AvgIpc) is 3.08. The van der Waals surface area contributed by atoms with Crippen LogP contribution in [-0.4, -0.2) is 33.6 Å². The molecular weight excluding hydrogens is 414 g/mol. The third-order valence-corrected chi connectivity index (χ3v) is 5.30. The summed E-state index contributed by atoms with van der Waals surface area (Å²) >= 11 is 4.79. The number of ether oxygens (including phenoxy) is 1. The lowest BCUT2D eigenvalue weighted by molar-refractivity contribution is -0.137. The van der Waals surface area contributed by atoms with E-state index in [0.717, 1.165) is 28.8 Å². The molecule has 0 N–H and O–H groups in total. The minimum atomic E-state index is -0.280. The third kappa shape index (κ3) is 4.74. The Hall–Kier alpha value is -2.12. The standard InChI is InChI=1S/C19H18BrN3O2S/c1-25-17(24)13-26-19-22-21-18(15-7-9-16(20)10-8-15)23(19)12-11-14-5-3-2-4-6-14/h2-10H,11-13H2,1H3. The molecule has 0 amide bonds. The molecule has 7 heteroatoms. The Bertz CT molecular complexity index is 866. The van der Waals surface area contributed by atoms with E-state index in [0.29, 0.717) is 5.16 Å². The van der Waals surface area contributed by atoms with Gasteiger partial charge >= 0.3 is 5.97 Å². The highest BCUT2D eigenvalue weighted by Gasteiger charge is 2.16. The summed E-state index contributed by atoms with van der Waals surface area (Å²) in [5.74, 6) is 0.721. The molecule has 26 heavy (non-hydrogen) atoms. The van der Waals surface area contributed by atoms with Gasteiger partial charge in [-0.3, -0.25) is 4.79 Å². The molecule has 0 bridgehead atoms. The molecule has 0 unspecified atom stereocenters. The molecule has 0 fully saturated rings. The van der Waals surface area contributed by atoms with Gasteiger partial charge in [-0.05, 0) is 24.1 Å². The highest BCUT2D eigenvalue weighted by atomic mass is 79.9. The zero-order valence-electron chi connectivity index (χ0n) is 14.3. The van der Waals surface area contributed by atoms with Crippen molar-refractivity contribution in [2.45, 2.75) is 18.1 Å². The fourth-order valence-electron chi connectivity index (χ4n) is 2.48. The highest BCUT2D eigenvalue weighted by Crippen LogP contribution is 2.25. The van der Waals surface area contributed by atoms with Crippen molar-refractivity contribution in [2.24, 2.45) is 0 Å². The predicted molar refractivity (Wildman–Crippen MR) is 106 cm³/mol. The summed E-state index contributed by atoms with van der Waals surface area (Å²) in [6.07, 6.45) is 0.855. The number of methoxy groups -OCH3 is 1. The van der Waals surface area contributed by atoms with Gasteiger partial charge in [-0.1, -0.05) is 70.2 Å². The number of esters is 1. The van der Waals surface area contributed by atoms with Crippen LogP contribution in [0.2, 0.25) is 0 Å². The average molecular weight is 432 g/mol. The fourth-order valence-corrected chi connectivity index (χ4v) is 3.54. The Morgan fingerprint density at radius 3 is 2.54 bits per heavy atom. The molecule has 0 spiro atoms. The van der Waals surface area contributed by atoms with Gasteiger partial charge in [-0.15, -0.1) is 10.2 Å². The van der Waals surface area contributed by atoms with Crippen molar-refractivity contribution in [1.82, 2.24) is 14.8 Å². The van der Waals surface area contributed by atoms with E-state index in [1.807, 2.05) is 42.5 Å². The van der Waals surface area contributed by atoms with Crippen LogP contribution in [0.1, 0.15) is 5.56 Å². The van der Waals surface area contributed by atoms with Gasteiger partial charge in [-0.2, -0.15) is 0 Å². The molecule has 0 aliphatic carbocycles. The lowest BCUT2D eigenvalue weighted by Crippen LogP contribution is -2.08. The lowest BCUT2D eigenvalue weighted by atomic mass is 10.1. The minimum absolute atomic E-state index is 0.209.